The van der Waals surface area contributed by atoms with Crippen LogP contribution >= 0.6 is 0 Å². The van der Waals surface area contributed by atoms with Crippen LogP contribution in [0.2, 0.25) is 0 Å². The summed E-state index contributed by atoms with van der Waals surface area (Å²) in [7, 11) is 0. The Labute approximate surface area is 125 Å². The minimum absolute atomic E-state index is 0.0866. The fraction of sp³-hybridized carbons (Fsp3) is 0.529. The van der Waals surface area contributed by atoms with Crippen LogP contribution in [0.25, 0.3) is 0 Å². The van der Waals surface area contributed by atoms with Gasteiger partial charge in [-0.1, -0.05) is 5.57 Å². The van der Waals surface area contributed by atoms with Gasteiger partial charge in [0, 0.05) is 6.07 Å². The van der Waals surface area contributed by atoms with E-state index in [1.54, 1.807) is 0 Å². The molecule has 1 atom stereocenters. The second-order valence-corrected chi connectivity index (χ2v) is 6.13. The second kappa shape index (κ2) is 5.60. The Morgan fingerprint density at radius 2 is 2.10 bits per heavy atom. The molecule has 0 saturated carbocycles. The van der Waals surface area contributed by atoms with Gasteiger partial charge in [-0.25, -0.2) is 0 Å². The van der Waals surface area contributed by atoms with E-state index in [9.17, 15) is 0 Å². The molecule has 0 radical (unpaired) electrons. The van der Waals surface area contributed by atoms with E-state index in [4.69, 9.17) is 18.9 Å². The van der Waals surface area contributed by atoms with Crippen LogP contribution < -0.4 is 14.2 Å². The molecule has 0 N–H and O–H groups in total. The van der Waals surface area contributed by atoms with E-state index in [1.807, 2.05) is 18.2 Å². The molecule has 0 bridgehead atoms. The Bertz CT molecular complexity index is 548. The van der Waals surface area contributed by atoms with E-state index >= 15 is 0 Å². The third kappa shape index (κ3) is 3.50. The summed E-state index contributed by atoms with van der Waals surface area (Å²) in [5.74, 6) is 2.33. The Hall–Kier alpha value is -1.68. The average Bonchev–Trinajstić information content (AvgIpc) is 2.86. The Balaban J connectivity index is 1.43. The topological polar surface area (TPSA) is 40.2 Å². The highest BCUT2D eigenvalue weighted by Crippen LogP contribution is 2.39. The minimum Gasteiger partial charge on any atom is -0.489 e. The highest BCUT2D eigenvalue weighted by molar-refractivity contribution is 5.46. The molecule has 3 rings (SSSR count). The molecule has 0 aromatic heterocycles. The maximum Gasteiger partial charge on any atom is 0.231 e. The monoisotopic (exact) mass is 290 g/mol. The summed E-state index contributed by atoms with van der Waals surface area (Å²) in [5.41, 5.74) is 1.42. The zero-order valence-electron chi connectivity index (χ0n) is 12.8. The standard InChI is InChI=1S/C17H22O4/c1-12(4-7-16-17(2,3)21-16)8-9-18-13-5-6-14-15(10-13)20-11-19-14/h5-6,8,10,16H,4,7,9,11H2,1-3H3/b12-8+/t16-/m0/s1. The number of hydrogen-bond acceptors (Lipinski definition) is 4. The fourth-order valence-electron chi connectivity index (χ4n) is 2.45. The normalized spacial score (nSPS) is 22.2. The molecule has 0 aliphatic carbocycles. The average molecular weight is 290 g/mol. The lowest BCUT2D eigenvalue weighted by molar-refractivity contribution is 0.174. The summed E-state index contributed by atoms with van der Waals surface area (Å²) < 4.78 is 21.9. The first-order valence-corrected chi connectivity index (χ1v) is 7.40. The van der Waals surface area contributed by atoms with Crippen molar-refractivity contribution in [3.63, 3.8) is 0 Å². The summed E-state index contributed by atoms with van der Waals surface area (Å²) in [4.78, 5) is 0. The van der Waals surface area contributed by atoms with Crippen LogP contribution in [-0.2, 0) is 4.74 Å². The first-order chi connectivity index (χ1) is 10.0. The predicted molar refractivity (Wildman–Crippen MR) is 80.0 cm³/mol. The Morgan fingerprint density at radius 3 is 2.86 bits per heavy atom. The number of fused-ring (bicyclic) bond motifs is 1. The van der Waals surface area contributed by atoms with E-state index in [2.05, 4.69) is 26.8 Å². The van der Waals surface area contributed by atoms with Crippen molar-refractivity contribution in [2.45, 2.75) is 45.3 Å². The second-order valence-electron chi connectivity index (χ2n) is 6.13. The van der Waals surface area contributed by atoms with Gasteiger partial charge < -0.3 is 18.9 Å². The van der Waals surface area contributed by atoms with E-state index in [1.165, 1.54) is 5.57 Å². The van der Waals surface area contributed by atoms with Gasteiger partial charge in [0.05, 0.1) is 11.7 Å². The largest absolute Gasteiger partial charge is 0.489 e. The third-order valence-electron chi connectivity index (χ3n) is 3.99. The molecule has 0 unspecified atom stereocenters. The molecule has 1 aromatic carbocycles. The van der Waals surface area contributed by atoms with Crippen molar-refractivity contribution < 1.29 is 18.9 Å². The molecule has 21 heavy (non-hydrogen) atoms. The fourth-order valence-corrected chi connectivity index (χ4v) is 2.45. The molecule has 1 aromatic rings. The van der Waals surface area contributed by atoms with Crippen molar-refractivity contribution in [1.82, 2.24) is 0 Å². The highest BCUT2D eigenvalue weighted by Gasteiger charge is 2.46. The maximum absolute atomic E-state index is 5.72. The van der Waals surface area contributed by atoms with Crippen LogP contribution in [0.4, 0.5) is 0 Å². The van der Waals surface area contributed by atoms with Crippen LogP contribution in [-0.4, -0.2) is 25.1 Å². The lowest BCUT2D eigenvalue weighted by Gasteiger charge is -2.05. The smallest absolute Gasteiger partial charge is 0.231 e. The Morgan fingerprint density at radius 1 is 1.33 bits per heavy atom. The van der Waals surface area contributed by atoms with Crippen molar-refractivity contribution in [1.29, 1.82) is 0 Å². The zero-order valence-corrected chi connectivity index (χ0v) is 12.8. The number of rotatable bonds is 6. The summed E-state index contributed by atoms with van der Waals surface area (Å²) in [6.07, 6.45) is 4.67. The van der Waals surface area contributed by atoms with Gasteiger partial charge >= 0.3 is 0 Å². The number of allylic oxidation sites excluding steroid dienone is 1. The maximum atomic E-state index is 5.72. The predicted octanol–water partition coefficient (Wildman–Crippen LogP) is 3.70. The number of benzene rings is 1. The third-order valence-corrected chi connectivity index (χ3v) is 3.99. The molecular weight excluding hydrogens is 268 g/mol. The van der Waals surface area contributed by atoms with Crippen molar-refractivity contribution in [2.24, 2.45) is 0 Å². The summed E-state index contributed by atoms with van der Waals surface area (Å²) in [5, 5.41) is 0. The van der Waals surface area contributed by atoms with Crippen LogP contribution in [0.3, 0.4) is 0 Å². The first-order valence-electron chi connectivity index (χ1n) is 7.40. The first kappa shape index (κ1) is 14.3. The van der Waals surface area contributed by atoms with Gasteiger partial charge in [-0.15, -0.1) is 0 Å². The molecule has 1 saturated heterocycles. The summed E-state index contributed by atoms with van der Waals surface area (Å²) in [6.45, 7) is 7.27. The summed E-state index contributed by atoms with van der Waals surface area (Å²) >= 11 is 0. The Kier molecular flexibility index (Phi) is 3.81. The molecule has 0 amide bonds. The number of hydrogen-bond donors (Lipinski definition) is 0. The van der Waals surface area contributed by atoms with E-state index < -0.39 is 0 Å². The van der Waals surface area contributed by atoms with E-state index in [-0.39, 0.29) is 12.4 Å². The van der Waals surface area contributed by atoms with Crippen molar-refractivity contribution in [2.75, 3.05) is 13.4 Å². The highest BCUT2D eigenvalue weighted by atomic mass is 16.7. The van der Waals surface area contributed by atoms with Gasteiger partial charge in [0.25, 0.3) is 0 Å². The van der Waals surface area contributed by atoms with Gasteiger partial charge in [-0.05, 0) is 51.8 Å². The quantitative estimate of drug-likeness (QED) is 0.591. The molecule has 2 aliphatic rings. The SMILES string of the molecule is C/C(=C\COc1ccc2c(c1)OCO2)CC[C@@H]1OC1(C)C. The molecule has 4 nitrogen and oxygen atoms in total. The van der Waals surface area contributed by atoms with Crippen molar-refractivity contribution in [3.05, 3.63) is 29.8 Å². The van der Waals surface area contributed by atoms with Gasteiger partial charge in [0.15, 0.2) is 11.5 Å². The summed E-state index contributed by atoms with van der Waals surface area (Å²) in [6, 6.07) is 5.64. The van der Waals surface area contributed by atoms with Gasteiger partial charge in [-0.3, -0.25) is 0 Å². The minimum atomic E-state index is 0.0866. The number of ether oxygens (including phenoxy) is 4. The van der Waals surface area contributed by atoms with Crippen LogP contribution in [0.5, 0.6) is 17.2 Å². The van der Waals surface area contributed by atoms with E-state index in [0.717, 1.165) is 30.1 Å². The van der Waals surface area contributed by atoms with Crippen molar-refractivity contribution in [3.8, 4) is 17.2 Å². The molecule has 4 heteroatoms. The molecular formula is C17H22O4. The molecule has 0 spiro atoms. The molecule has 114 valence electrons. The molecule has 2 heterocycles. The van der Waals surface area contributed by atoms with Crippen LogP contribution in [0.15, 0.2) is 29.8 Å². The number of epoxide rings is 1. The van der Waals surface area contributed by atoms with E-state index in [0.29, 0.717) is 12.7 Å². The van der Waals surface area contributed by atoms with Gasteiger partial charge in [-0.2, -0.15) is 0 Å². The van der Waals surface area contributed by atoms with Crippen LogP contribution in [0.1, 0.15) is 33.6 Å². The lowest BCUT2D eigenvalue weighted by Crippen LogP contribution is -2.03. The van der Waals surface area contributed by atoms with Crippen molar-refractivity contribution >= 4 is 0 Å². The van der Waals surface area contributed by atoms with Crippen LogP contribution in [0, 0.1) is 0 Å². The van der Waals surface area contributed by atoms with Gasteiger partial charge in [0.1, 0.15) is 12.4 Å². The zero-order chi connectivity index (χ0) is 14.9. The molecule has 1 fully saturated rings. The molecule has 2 aliphatic heterocycles. The lowest BCUT2D eigenvalue weighted by atomic mass is 10.0. The van der Waals surface area contributed by atoms with Gasteiger partial charge in [0.2, 0.25) is 6.79 Å².